The normalized spacial score (nSPS) is 11.9. The number of nitrogens with zero attached hydrogens (tertiary/aromatic N) is 1. The van der Waals surface area contributed by atoms with Crippen molar-refractivity contribution >= 4 is 19.9 Å². The molecule has 0 amide bonds. The lowest BCUT2D eigenvalue weighted by Gasteiger charge is -2.11. The number of benzene rings is 1. The molecule has 1 aromatic carbocycles. The highest BCUT2D eigenvalue weighted by Crippen LogP contribution is 2.09. The third-order valence-electron chi connectivity index (χ3n) is 1.62. The summed E-state index contributed by atoms with van der Waals surface area (Å²) in [4.78, 5) is 0. The van der Waals surface area contributed by atoms with Gasteiger partial charge in [-0.1, -0.05) is 30.3 Å². The summed E-state index contributed by atoms with van der Waals surface area (Å²) in [5.41, 5.74) is 0.911. The van der Waals surface area contributed by atoms with Gasteiger partial charge in [0.15, 0.2) is 0 Å². The van der Waals surface area contributed by atoms with Crippen LogP contribution in [-0.4, -0.2) is 19.8 Å². The fourth-order valence-corrected chi connectivity index (χ4v) is 1.37. The van der Waals surface area contributed by atoms with Crippen LogP contribution in [0, 0.1) is 0 Å². The Labute approximate surface area is 82.5 Å². The Balaban J connectivity index is 2.72. The molecule has 0 aliphatic heterocycles. The first-order valence-corrected chi connectivity index (χ1v) is 5.96. The van der Waals surface area contributed by atoms with Gasteiger partial charge < -0.3 is 0 Å². The number of hydrogen-bond acceptors (Lipinski definition) is 2. The quantitative estimate of drug-likeness (QED) is 0.725. The molecule has 0 saturated heterocycles. The summed E-state index contributed by atoms with van der Waals surface area (Å²) < 4.78 is 22.7. The second kappa shape index (κ2) is 4.09. The van der Waals surface area contributed by atoms with E-state index in [2.05, 4.69) is 0 Å². The Hall–Kier alpha value is -0.580. The number of halogens is 1. The third kappa shape index (κ3) is 3.34. The first-order chi connectivity index (χ1) is 6.00. The molecule has 0 aromatic heterocycles. The highest BCUT2D eigenvalue weighted by molar-refractivity contribution is 8.11. The average molecular weight is 220 g/mol. The molecule has 5 heteroatoms. The van der Waals surface area contributed by atoms with E-state index in [-0.39, 0.29) is 0 Å². The van der Waals surface area contributed by atoms with Gasteiger partial charge >= 0.3 is 0 Å². The van der Waals surface area contributed by atoms with Crippen LogP contribution in [-0.2, 0) is 15.8 Å². The molecule has 0 atom stereocenters. The van der Waals surface area contributed by atoms with Crippen LogP contribution in [0.4, 0.5) is 0 Å². The van der Waals surface area contributed by atoms with Crippen molar-refractivity contribution in [1.29, 1.82) is 0 Å². The van der Waals surface area contributed by atoms with Crippen LogP contribution in [0.3, 0.4) is 0 Å². The van der Waals surface area contributed by atoms with Crippen LogP contribution >= 0.6 is 10.7 Å². The Morgan fingerprint density at radius 3 is 2.31 bits per heavy atom. The first-order valence-electron chi connectivity index (χ1n) is 3.70. The molecule has 0 unspecified atom stereocenters. The molecular formula is C8H10ClNO2S. The van der Waals surface area contributed by atoms with E-state index >= 15 is 0 Å². The molecule has 0 heterocycles. The van der Waals surface area contributed by atoms with Gasteiger partial charge in [-0.05, 0) is 5.56 Å². The molecule has 0 aliphatic rings. The van der Waals surface area contributed by atoms with E-state index in [9.17, 15) is 8.42 Å². The van der Waals surface area contributed by atoms with Crippen molar-refractivity contribution in [3.63, 3.8) is 0 Å². The Morgan fingerprint density at radius 1 is 1.31 bits per heavy atom. The van der Waals surface area contributed by atoms with Crippen molar-refractivity contribution < 1.29 is 8.42 Å². The summed E-state index contributed by atoms with van der Waals surface area (Å²) >= 11 is 0. The summed E-state index contributed by atoms with van der Waals surface area (Å²) in [7, 11) is 2.98. The van der Waals surface area contributed by atoms with Crippen LogP contribution in [0.5, 0.6) is 0 Å². The van der Waals surface area contributed by atoms with Crippen LogP contribution < -0.4 is 0 Å². The highest BCUT2D eigenvalue weighted by Gasteiger charge is 2.13. The lowest BCUT2D eigenvalue weighted by atomic mass is 10.2. The molecule has 72 valence electrons. The van der Waals surface area contributed by atoms with Crippen LogP contribution in [0.1, 0.15) is 5.56 Å². The van der Waals surface area contributed by atoms with Crippen molar-refractivity contribution in [2.45, 2.75) is 6.54 Å². The van der Waals surface area contributed by atoms with Gasteiger partial charge in [0.1, 0.15) is 0 Å². The lowest BCUT2D eigenvalue weighted by Crippen LogP contribution is -2.21. The van der Waals surface area contributed by atoms with Crippen molar-refractivity contribution in [3.05, 3.63) is 35.9 Å². The molecule has 1 aromatic rings. The van der Waals surface area contributed by atoms with Crippen molar-refractivity contribution in [3.8, 4) is 0 Å². The summed E-state index contributed by atoms with van der Waals surface area (Å²) in [5, 5.41) is 0. The van der Waals surface area contributed by atoms with Crippen LogP contribution in [0.15, 0.2) is 30.3 Å². The summed E-state index contributed by atoms with van der Waals surface area (Å²) in [5.74, 6) is 0. The molecule has 0 radical (unpaired) electrons. The summed E-state index contributed by atoms with van der Waals surface area (Å²) in [6.45, 7) is 0.298. The van der Waals surface area contributed by atoms with Gasteiger partial charge in [0.2, 0.25) is 0 Å². The summed E-state index contributed by atoms with van der Waals surface area (Å²) in [6.07, 6.45) is 0. The van der Waals surface area contributed by atoms with Crippen molar-refractivity contribution in [2.24, 2.45) is 0 Å². The Morgan fingerprint density at radius 2 is 1.85 bits per heavy atom. The maximum atomic E-state index is 10.8. The van der Waals surface area contributed by atoms with E-state index in [1.54, 1.807) is 0 Å². The van der Waals surface area contributed by atoms with Gasteiger partial charge in [-0.25, -0.2) is 0 Å². The zero-order valence-electron chi connectivity index (χ0n) is 7.14. The second-order valence-corrected chi connectivity index (χ2v) is 5.30. The zero-order chi connectivity index (χ0) is 9.90. The Bertz CT molecular complexity index is 363. The minimum Gasteiger partial charge on any atom is -0.195 e. The van der Waals surface area contributed by atoms with Gasteiger partial charge in [0.25, 0.3) is 9.24 Å². The van der Waals surface area contributed by atoms with Crippen molar-refractivity contribution in [1.82, 2.24) is 4.31 Å². The predicted molar refractivity (Wildman–Crippen MR) is 52.7 cm³/mol. The van der Waals surface area contributed by atoms with E-state index in [1.165, 1.54) is 7.05 Å². The SMILES string of the molecule is CN(Cc1ccccc1)S(=O)(=O)Cl. The van der Waals surface area contributed by atoms with Gasteiger partial charge in [-0.15, -0.1) is 0 Å². The van der Waals surface area contributed by atoms with Gasteiger partial charge in [-0.3, -0.25) is 0 Å². The van der Waals surface area contributed by atoms with Crippen molar-refractivity contribution in [2.75, 3.05) is 7.05 Å². The molecule has 13 heavy (non-hydrogen) atoms. The molecular weight excluding hydrogens is 210 g/mol. The largest absolute Gasteiger partial charge is 0.299 e. The maximum absolute atomic E-state index is 10.8. The molecule has 0 bridgehead atoms. The fraction of sp³-hybridized carbons (Fsp3) is 0.250. The molecule has 0 fully saturated rings. The molecule has 0 saturated carbocycles. The molecule has 0 N–H and O–H groups in total. The smallest absolute Gasteiger partial charge is 0.195 e. The third-order valence-corrected chi connectivity index (χ3v) is 3.20. The fourth-order valence-electron chi connectivity index (χ4n) is 0.918. The predicted octanol–water partition coefficient (Wildman–Crippen LogP) is 1.60. The standard InChI is InChI=1S/C8H10ClNO2S/c1-10(13(9,11)12)7-8-5-3-2-4-6-8/h2-6H,7H2,1H3. The minimum absolute atomic E-state index is 0.298. The molecule has 1 rings (SSSR count). The minimum atomic E-state index is -3.60. The van der Waals surface area contributed by atoms with E-state index in [0.29, 0.717) is 6.54 Å². The van der Waals surface area contributed by atoms with Gasteiger partial charge in [0, 0.05) is 24.3 Å². The van der Waals surface area contributed by atoms with Gasteiger partial charge in [-0.2, -0.15) is 12.7 Å². The molecule has 0 aliphatic carbocycles. The second-order valence-electron chi connectivity index (χ2n) is 2.68. The highest BCUT2D eigenvalue weighted by atomic mass is 35.7. The first kappa shape index (κ1) is 10.5. The van der Waals surface area contributed by atoms with Gasteiger partial charge in [0.05, 0.1) is 0 Å². The van der Waals surface area contributed by atoms with E-state index < -0.39 is 9.24 Å². The Kier molecular flexibility index (Phi) is 3.30. The summed E-state index contributed by atoms with van der Waals surface area (Å²) in [6, 6.07) is 9.27. The zero-order valence-corrected chi connectivity index (χ0v) is 8.72. The van der Waals surface area contributed by atoms with Crippen LogP contribution in [0.2, 0.25) is 0 Å². The number of hydrogen-bond donors (Lipinski definition) is 0. The molecule has 3 nitrogen and oxygen atoms in total. The average Bonchev–Trinajstić information content (AvgIpc) is 2.04. The number of rotatable bonds is 3. The van der Waals surface area contributed by atoms with Crippen LogP contribution in [0.25, 0.3) is 0 Å². The van der Waals surface area contributed by atoms with E-state index in [4.69, 9.17) is 10.7 Å². The monoisotopic (exact) mass is 219 g/mol. The maximum Gasteiger partial charge on any atom is 0.299 e. The lowest BCUT2D eigenvalue weighted by molar-refractivity contribution is 0.480. The van der Waals surface area contributed by atoms with E-state index in [0.717, 1.165) is 9.87 Å². The molecule has 0 spiro atoms. The van der Waals surface area contributed by atoms with E-state index in [1.807, 2.05) is 30.3 Å². The topological polar surface area (TPSA) is 37.4 Å².